The summed E-state index contributed by atoms with van der Waals surface area (Å²) in [4.78, 5) is 47.7. The second-order valence-electron chi connectivity index (χ2n) is 12.0. The fourth-order valence-electron chi connectivity index (χ4n) is 6.80. The van der Waals surface area contributed by atoms with Crippen molar-refractivity contribution in [2.45, 2.75) is 69.5 Å². The van der Waals surface area contributed by atoms with Crippen LogP contribution in [0.2, 0.25) is 0 Å². The van der Waals surface area contributed by atoms with E-state index in [4.69, 9.17) is 5.73 Å². The molecule has 44 heavy (non-hydrogen) atoms. The summed E-state index contributed by atoms with van der Waals surface area (Å²) >= 11 is 6.78. The van der Waals surface area contributed by atoms with Crippen LogP contribution in [-0.2, 0) is 11.2 Å². The van der Waals surface area contributed by atoms with E-state index >= 15 is 0 Å². The zero-order chi connectivity index (χ0) is 31.2. The van der Waals surface area contributed by atoms with Gasteiger partial charge in [0.1, 0.15) is 11.8 Å². The smallest absolute Gasteiger partial charge is 0.319 e. The maximum absolute atomic E-state index is 14.0. The number of piperidine rings is 3. The molecule has 12 heteroatoms. The lowest BCUT2D eigenvalue weighted by Gasteiger charge is -2.41. The number of carbonyl (C=O) groups is 3. The maximum atomic E-state index is 14.0. The third-order valence-electron chi connectivity index (χ3n) is 9.18. The second kappa shape index (κ2) is 15.0. The van der Waals surface area contributed by atoms with Gasteiger partial charge in [-0.05, 0) is 113 Å². The average Bonchev–Trinajstić information content (AvgIpc) is 3.04. The highest BCUT2D eigenvalue weighted by atomic mass is 79.9. The van der Waals surface area contributed by atoms with Crippen LogP contribution in [0.3, 0.4) is 0 Å². The highest BCUT2D eigenvalue weighted by Crippen LogP contribution is 2.34. The summed E-state index contributed by atoms with van der Waals surface area (Å²) in [5, 5.41) is 13.3. The van der Waals surface area contributed by atoms with E-state index in [0.717, 1.165) is 37.2 Å². The van der Waals surface area contributed by atoms with E-state index in [1.165, 1.54) is 19.3 Å². The van der Waals surface area contributed by atoms with Crippen molar-refractivity contribution in [3.63, 3.8) is 0 Å². The summed E-state index contributed by atoms with van der Waals surface area (Å²) in [5.74, 6) is -0.00143. The van der Waals surface area contributed by atoms with Gasteiger partial charge in [0.2, 0.25) is 5.91 Å². The number of amides is 5. The van der Waals surface area contributed by atoms with Gasteiger partial charge in [0.25, 0.3) is 0 Å². The largest absolute Gasteiger partial charge is 0.506 e. The molecule has 0 saturated carbocycles. The molecule has 5 rings (SSSR count). The number of hydrogen-bond acceptors (Lipinski definition) is 5. The first kappa shape index (κ1) is 32.6. The summed E-state index contributed by atoms with van der Waals surface area (Å²) in [6, 6.07) is 11.7. The Morgan fingerprint density at radius 1 is 0.886 bits per heavy atom. The van der Waals surface area contributed by atoms with Gasteiger partial charge in [0.15, 0.2) is 0 Å². The lowest BCUT2D eigenvalue weighted by molar-refractivity contribution is -0.134. The van der Waals surface area contributed by atoms with E-state index in [0.29, 0.717) is 54.0 Å². The fraction of sp³-hybridized carbons (Fsp3) is 0.531. The van der Waals surface area contributed by atoms with Gasteiger partial charge in [-0.1, -0.05) is 24.6 Å². The Morgan fingerprint density at radius 2 is 1.48 bits per heavy atom. The number of hydrogen-bond donors (Lipinski definition) is 3. The van der Waals surface area contributed by atoms with Crippen molar-refractivity contribution in [3.8, 4) is 5.75 Å². The first-order chi connectivity index (χ1) is 21.2. The molecule has 0 aromatic heterocycles. The first-order valence-electron chi connectivity index (χ1n) is 15.6. The molecular weight excluding hydrogens is 692 g/mol. The number of primary amides is 1. The quantitative estimate of drug-likeness (QED) is 0.367. The van der Waals surface area contributed by atoms with Crippen molar-refractivity contribution >= 4 is 55.5 Å². The zero-order valence-corrected chi connectivity index (χ0v) is 28.1. The lowest BCUT2D eigenvalue weighted by Crippen LogP contribution is -2.57. The number of nitrogens with zero attached hydrogens (tertiary/aromatic N) is 4. The van der Waals surface area contributed by atoms with Crippen LogP contribution < -0.4 is 16.0 Å². The van der Waals surface area contributed by atoms with Crippen molar-refractivity contribution < 1.29 is 19.5 Å². The number of phenols is 1. The average molecular weight is 735 g/mol. The molecule has 3 saturated heterocycles. The number of urea groups is 2. The Labute approximate surface area is 276 Å². The first-order valence-corrected chi connectivity index (χ1v) is 17.2. The van der Waals surface area contributed by atoms with Crippen molar-refractivity contribution in [1.29, 1.82) is 0 Å². The van der Waals surface area contributed by atoms with Crippen molar-refractivity contribution in [3.05, 3.63) is 57.0 Å². The number of nitrogens with one attached hydrogen (secondary N) is 1. The number of para-hydroxylation sites is 1. The Balaban J connectivity index is 1.25. The standard InChI is InChI=1S/C32H42Br2N6O4/c33-26-19-22(20-27(34)29(26)41)21-28(30(42)38-15-9-23(10-16-38)37-13-5-2-6-14-37)36-32(44)39-17-11-25(12-18-39)40(31(35)43)24-7-3-1-4-8-24/h1,3-4,7-8,19-20,23,25,28,41H,2,5-6,9-18,21H2,(H2,35,43)(H,36,44)/t28-/m1/s1. The molecule has 3 aliphatic rings. The van der Waals surface area contributed by atoms with Gasteiger partial charge >= 0.3 is 12.1 Å². The number of rotatable bonds is 7. The lowest BCUT2D eigenvalue weighted by atomic mass is 9.98. The molecule has 0 spiro atoms. The molecule has 0 unspecified atom stereocenters. The second-order valence-corrected chi connectivity index (χ2v) is 13.7. The summed E-state index contributed by atoms with van der Waals surface area (Å²) in [7, 11) is 0. The van der Waals surface area contributed by atoms with Crippen LogP contribution in [0.25, 0.3) is 0 Å². The van der Waals surface area contributed by atoms with Crippen molar-refractivity contribution in [2.75, 3.05) is 44.2 Å². The Bertz CT molecular complexity index is 1290. The number of anilines is 1. The summed E-state index contributed by atoms with van der Waals surface area (Å²) in [6.45, 7) is 4.49. The minimum Gasteiger partial charge on any atom is -0.506 e. The Hall–Kier alpha value is -2.83. The van der Waals surface area contributed by atoms with Gasteiger partial charge in [-0.2, -0.15) is 0 Å². The summed E-state index contributed by atoms with van der Waals surface area (Å²) < 4.78 is 1.03. The minimum atomic E-state index is -0.762. The van der Waals surface area contributed by atoms with Crippen LogP contribution >= 0.6 is 31.9 Å². The summed E-state index contributed by atoms with van der Waals surface area (Å²) in [5.41, 5.74) is 7.29. The third-order valence-corrected chi connectivity index (χ3v) is 10.4. The van der Waals surface area contributed by atoms with Gasteiger partial charge in [0, 0.05) is 50.4 Å². The van der Waals surface area contributed by atoms with Crippen LogP contribution in [0.5, 0.6) is 5.75 Å². The predicted octanol–water partition coefficient (Wildman–Crippen LogP) is 5.06. The Kier molecular flexibility index (Phi) is 11.1. The van der Waals surface area contributed by atoms with Gasteiger partial charge < -0.3 is 30.9 Å². The maximum Gasteiger partial charge on any atom is 0.319 e. The van der Waals surface area contributed by atoms with Gasteiger partial charge in [-0.15, -0.1) is 0 Å². The molecule has 4 N–H and O–H groups in total. The molecule has 2 aromatic rings. The Morgan fingerprint density at radius 3 is 2.07 bits per heavy atom. The van der Waals surface area contributed by atoms with E-state index < -0.39 is 12.1 Å². The van der Waals surface area contributed by atoms with Crippen molar-refractivity contribution in [2.24, 2.45) is 5.73 Å². The van der Waals surface area contributed by atoms with Gasteiger partial charge in [-0.25, -0.2) is 9.59 Å². The van der Waals surface area contributed by atoms with E-state index in [2.05, 4.69) is 42.1 Å². The molecular formula is C32H42Br2N6O4. The van der Waals surface area contributed by atoms with E-state index in [-0.39, 0.29) is 30.2 Å². The normalized spacial score (nSPS) is 19.4. The molecule has 3 aliphatic heterocycles. The summed E-state index contributed by atoms with van der Waals surface area (Å²) in [6.07, 6.45) is 7.10. The highest BCUT2D eigenvalue weighted by molar-refractivity contribution is 9.11. The predicted molar refractivity (Wildman–Crippen MR) is 178 cm³/mol. The number of carbonyl (C=O) groups excluding carboxylic acids is 3. The SMILES string of the molecule is NC(=O)N(c1ccccc1)C1CCN(C(=O)N[C@H](Cc2cc(Br)c(O)c(Br)c2)C(=O)N2CCC(N3CCCCC3)CC2)CC1. The van der Waals surface area contributed by atoms with Crippen LogP contribution in [-0.4, -0.2) is 95.2 Å². The van der Waals surface area contributed by atoms with Crippen LogP contribution in [0, 0.1) is 0 Å². The molecule has 1 atom stereocenters. The molecule has 3 fully saturated rings. The molecule has 0 aliphatic carbocycles. The molecule has 0 bridgehead atoms. The number of likely N-dealkylation sites (tertiary alicyclic amines) is 3. The van der Waals surface area contributed by atoms with Gasteiger partial charge in [-0.3, -0.25) is 9.69 Å². The monoisotopic (exact) mass is 732 g/mol. The van der Waals surface area contributed by atoms with Crippen LogP contribution in [0.4, 0.5) is 15.3 Å². The number of phenolic OH excluding ortho intramolecular Hbond substituents is 1. The number of halogens is 2. The number of benzene rings is 2. The van der Waals surface area contributed by atoms with E-state index in [9.17, 15) is 19.5 Å². The topological polar surface area (TPSA) is 122 Å². The molecule has 3 heterocycles. The van der Waals surface area contributed by atoms with E-state index in [1.807, 2.05) is 35.2 Å². The number of aromatic hydroxyl groups is 1. The molecule has 10 nitrogen and oxygen atoms in total. The minimum absolute atomic E-state index is 0.0869. The van der Waals surface area contributed by atoms with Crippen LogP contribution in [0.15, 0.2) is 51.4 Å². The molecule has 2 aromatic carbocycles. The van der Waals surface area contributed by atoms with Gasteiger partial charge in [0.05, 0.1) is 8.95 Å². The fourth-order valence-corrected chi connectivity index (χ4v) is 8.08. The van der Waals surface area contributed by atoms with Crippen molar-refractivity contribution in [1.82, 2.24) is 20.0 Å². The molecule has 5 amide bonds. The third kappa shape index (κ3) is 7.87. The number of nitrogens with two attached hydrogens (primary N) is 1. The van der Waals surface area contributed by atoms with E-state index in [1.54, 1.807) is 21.9 Å². The zero-order valence-electron chi connectivity index (χ0n) is 25.0. The van der Waals surface area contributed by atoms with Crippen LogP contribution in [0.1, 0.15) is 50.5 Å². The molecule has 0 radical (unpaired) electrons. The highest BCUT2D eigenvalue weighted by Gasteiger charge is 2.34. The molecule has 238 valence electrons.